The lowest BCUT2D eigenvalue weighted by Gasteiger charge is -2.24. The summed E-state index contributed by atoms with van der Waals surface area (Å²) in [6.07, 6.45) is 2.15. The second-order valence-electron chi connectivity index (χ2n) is 6.47. The lowest BCUT2D eigenvalue weighted by molar-refractivity contribution is 0.0243. The van der Waals surface area contributed by atoms with Crippen molar-refractivity contribution in [3.05, 3.63) is 35.2 Å². The van der Waals surface area contributed by atoms with Crippen molar-refractivity contribution in [1.82, 2.24) is 20.8 Å². The first kappa shape index (κ1) is 18.7. The fraction of sp³-hybridized carbons (Fsp3) is 0.500. The Morgan fingerprint density at radius 2 is 2.27 bits per heavy atom. The molecule has 8 heteroatoms. The molecule has 1 aliphatic rings. The lowest BCUT2D eigenvalue weighted by atomic mass is 10.0. The summed E-state index contributed by atoms with van der Waals surface area (Å²) in [6.45, 7) is 6.72. The maximum Gasteiger partial charge on any atom is 0.248 e. The Labute approximate surface area is 158 Å². The molecule has 1 unspecified atom stereocenters. The van der Waals surface area contributed by atoms with Crippen LogP contribution in [0.4, 0.5) is 0 Å². The van der Waals surface area contributed by atoms with Gasteiger partial charge in [0, 0.05) is 30.3 Å². The van der Waals surface area contributed by atoms with Crippen LogP contribution in [0.1, 0.15) is 32.6 Å². The molecule has 3 rings (SSSR count). The van der Waals surface area contributed by atoms with Crippen molar-refractivity contribution in [2.45, 2.75) is 38.8 Å². The van der Waals surface area contributed by atoms with Crippen molar-refractivity contribution >= 4 is 17.6 Å². The largest absolute Gasteiger partial charge is 0.373 e. The van der Waals surface area contributed by atoms with E-state index < -0.39 is 0 Å². The number of halogens is 1. The van der Waals surface area contributed by atoms with Crippen LogP contribution in [-0.2, 0) is 11.3 Å². The molecule has 2 aromatic rings. The Kier molecular flexibility index (Phi) is 6.11. The topological polar surface area (TPSA) is 84.6 Å². The minimum atomic E-state index is -0.138. The van der Waals surface area contributed by atoms with Crippen LogP contribution in [0.5, 0.6) is 0 Å². The van der Waals surface area contributed by atoms with Crippen LogP contribution < -0.4 is 10.6 Å². The molecule has 0 aliphatic carbocycles. The quantitative estimate of drug-likeness (QED) is 0.594. The van der Waals surface area contributed by atoms with E-state index in [1.165, 1.54) is 0 Å². The molecule has 0 saturated carbocycles. The van der Waals surface area contributed by atoms with E-state index in [4.69, 9.17) is 20.9 Å². The van der Waals surface area contributed by atoms with Crippen molar-refractivity contribution in [1.29, 1.82) is 0 Å². The maximum absolute atomic E-state index is 6.00. The molecular formula is C18H24ClN5O2. The van der Waals surface area contributed by atoms with Crippen LogP contribution in [0.15, 0.2) is 33.8 Å². The zero-order valence-electron chi connectivity index (χ0n) is 15.1. The van der Waals surface area contributed by atoms with E-state index in [9.17, 15) is 0 Å². The van der Waals surface area contributed by atoms with Crippen LogP contribution >= 0.6 is 11.6 Å². The Morgan fingerprint density at radius 1 is 1.38 bits per heavy atom. The highest BCUT2D eigenvalue weighted by atomic mass is 35.5. The zero-order chi connectivity index (χ0) is 18.4. The SMILES string of the molecule is CCNC(=NCc1nc(-c2cccc(Cl)c2)no1)NCC1(C)CCCO1. The number of nitrogens with zero attached hydrogens (tertiary/aromatic N) is 3. The fourth-order valence-electron chi connectivity index (χ4n) is 2.80. The number of guanidine groups is 1. The van der Waals surface area contributed by atoms with E-state index in [0.29, 0.717) is 35.8 Å². The average molecular weight is 378 g/mol. The van der Waals surface area contributed by atoms with Crippen LogP contribution in [-0.4, -0.2) is 41.4 Å². The first-order valence-electron chi connectivity index (χ1n) is 8.83. The first-order chi connectivity index (χ1) is 12.6. The molecular weight excluding hydrogens is 354 g/mol. The third-order valence-electron chi connectivity index (χ3n) is 4.20. The molecule has 1 aromatic carbocycles. The standard InChI is InChI=1S/C18H24ClN5O2/c1-3-20-17(22-12-18(2)8-5-9-25-18)21-11-15-23-16(24-26-15)13-6-4-7-14(19)10-13/h4,6-7,10H,3,5,8-9,11-12H2,1-2H3,(H2,20,21,22). The van der Waals surface area contributed by atoms with E-state index in [1.807, 2.05) is 19.1 Å². The highest BCUT2D eigenvalue weighted by Gasteiger charge is 2.29. The average Bonchev–Trinajstić information content (AvgIpc) is 3.27. The van der Waals surface area contributed by atoms with Gasteiger partial charge in [0.15, 0.2) is 5.96 Å². The molecule has 7 nitrogen and oxygen atoms in total. The summed E-state index contributed by atoms with van der Waals surface area (Å²) in [4.78, 5) is 8.90. The summed E-state index contributed by atoms with van der Waals surface area (Å²) in [5.41, 5.74) is 0.674. The van der Waals surface area contributed by atoms with Gasteiger partial charge in [-0.05, 0) is 38.8 Å². The van der Waals surface area contributed by atoms with E-state index in [2.05, 4.69) is 32.7 Å². The predicted octanol–water partition coefficient (Wildman–Crippen LogP) is 3.01. The highest BCUT2D eigenvalue weighted by Crippen LogP contribution is 2.24. The number of benzene rings is 1. The zero-order valence-corrected chi connectivity index (χ0v) is 15.8. The molecule has 1 aliphatic heterocycles. The Bertz CT molecular complexity index is 756. The molecule has 1 saturated heterocycles. The van der Waals surface area contributed by atoms with E-state index in [0.717, 1.165) is 31.6 Å². The Hall–Kier alpha value is -2.12. The molecule has 2 heterocycles. The molecule has 0 radical (unpaired) electrons. The minimum Gasteiger partial charge on any atom is -0.373 e. The van der Waals surface area contributed by atoms with E-state index in [1.54, 1.807) is 12.1 Å². The molecule has 2 N–H and O–H groups in total. The van der Waals surface area contributed by atoms with Gasteiger partial charge in [-0.25, -0.2) is 4.99 Å². The summed E-state index contributed by atoms with van der Waals surface area (Å²) in [5, 5.41) is 11.2. The number of nitrogens with one attached hydrogen (secondary N) is 2. The van der Waals surface area contributed by atoms with Crippen molar-refractivity contribution in [3.63, 3.8) is 0 Å². The molecule has 140 valence electrons. The first-order valence-corrected chi connectivity index (χ1v) is 9.20. The van der Waals surface area contributed by atoms with E-state index in [-0.39, 0.29) is 5.60 Å². The minimum absolute atomic E-state index is 0.138. The Morgan fingerprint density at radius 3 is 3.00 bits per heavy atom. The van der Waals surface area contributed by atoms with Gasteiger partial charge in [0.25, 0.3) is 0 Å². The lowest BCUT2D eigenvalue weighted by Crippen LogP contribution is -2.45. The van der Waals surface area contributed by atoms with Crippen LogP contribution in [0.25, 0.3) is 11.4 Å². The third kappa shape index (κ3) is 4.95. The molecule has 1 aromatic heterocycles. The Balaban J connectivity index is 1.62. The summed E-state index contributed by atoms with van der Waals surface area (Å²) in [5.74, 6) is 1.65. The molecule has 1 fully saturated rings. The number of hydrogen-bond donors (Lipinski definition) is 2. The molecule has 1 atom stereocenters. The maximum atomic E-state index is 6.00. The van der Waals surface area contributed by atoms with Gasteiger partial charge < -0.3 is 19.9 Å². The monoisotopic (exact) mass is 377 g/mol. The second-order valence-corrected chi connectivity index (χ2v) is 6.91. The van der Waals surface area contributed by atoms with Gasteiger partial charge in [0.05, 0.1) is 5.60 Å². The highest BCUT2D eigenvalue weighted by molar-refractivity contribution is 6.30. The normalized spacial score (nSPS) is 20.3. The van der Waals surface area contributed by atoms with Gasteiger partial charge in [0.1, 0.15) is 6.54 Å². The number of aromatic nitrogens is 2. The molecule has 0 bridgehead atoms. The van der Waals surface area contributed by atoms with Gasteiger partial charge in [-0.2, -0.15) is 4.98 Å². The van der Waals surface area contributed by atoms with E-state index >= 15 is 0 Å². The second kappa shape index (κ2) is 8.51. The number of aliphatic imine (C=N–C) groups is 1. The number of hydrogen-bond acceptors (Lipinski definition) is 5. The predicted molar refractivity (Wildman–Crippen MR) is 101 cm³/mol. The summed E-state index contributed by atoms with van der Waals surface area (Å²) in [6, 6.07) is 7.34. The summed E-state index contributed by atoms with van der Waals surface area (Å²) >= 11 is 6.00. The molecule has 0 amide bonds. The van der Waals surface area contributed by atoms with Crippen molar-refractivity contribution in [3.8, 4) is 11.4 Å². The molecule has 0 spiro atoms. The smallest absolute Gasteiger partial charge is 0.248 e. The molecule has 26 heavy (non-hydrogen) atoms. The van der Waals surface area contributed by atoms with Gasteiger partial charge in [-0.3, -0.25) is 0 Å². The van der Waals surface area contributed by atoms with Crippen molar-refractivity contribution in [2.24, 2.45) is 4.99 Å². The van der Waals surface area contributed by atoms with Crippen molar-refractivity contribution in [2.75, 3.05) is 19.7 Å². The summed E-state index contributed by atoms with van der Waals surface area (Å²) in [7, 11) is 0. The van der Waals surface area contributed by atoms with Crippen molar-refractivity contribution < 1.29 is 9.26 Å². The number of ether oxygens (including phenoxy) is 1. The van der Waals surface area contributed by atoms with Crippen LogP contribution in [0.3, 0.4) is 0 Å². The third-order valence-corrected chi connectivity index (χ3v) is 4.43. The summed E-state index contributed by atoms with van der Waals surface area (Å²) < 4.78 is 11.1. The van der Waals surface area contributed by atoms with Crippen LogP contribution in [0, 0.1) is 0 Å². The van der Waals surface area contributed by atoms with Gasteiger partial charge in [-0.1, -0.05) is 28.9 Å². The van der Waals surface area contributed by atoms with Gasteiger partial charge >= 0.3 is 0 Å². The van der Waals surface area contributed by atoms with Crippen LogP contribution in [0.2, 0.25) is 5.02 Å². The van der Waals surface area contributed by atoms with Gasteiger partial charge in [0.2, 0.25) is 11.7 Å². The fourth-order valence-corrected chi connectivity index (χ4v) is 2.99. The number of rotatable bonds is 6. The van der Waals surface area contributed by atoms with Gasteiger partial charge in [-0.15, -0.1) is 0 Å².